The van der Waals surface area contributed by atoms with E-state index in [0.717, 1.165) is 38.8 Å². The molecule has 1 aliphatic rings. The van der Waals surface area contributed by atoms with Crippen LogP contribution in [0.3, 0.4) is 0 Å². The molecule has 1 fully saturated rings. The third-order valence-electron chi connectivity index (χ3n) is 3.65. The van der Waals surface area contributed by atoms with E-state index in [9.17, 15) is 0 Å². The summed E-state index contributed by atoms with van der Waals surface area (Å²) >= 11 is 0. The Kier molecular flexibility index (Phi) is 6.61. The lowest BCUT2D eigenvalue weighted by molar-refractivity contribution is 0.0313. The summed E-state index contributed by atoms with van der Waals surface area (Å²) in [5.74, 6) is 0.731. The molecule has 0 aromatic carbocycles. The molecule has 0 unspecified atom stereocenters. The first-order valence-electron chi connectivity index (χ1n) is 7.39. The van der Waals surface area contributed by atoms with Crippen molar-refractivity contribution < 1.29 is 4.74 Å². The molecule has 0 saturated carbocycles. The molecule has 0 atom stereocenters. The van der Waals surface area contributed by atoms with Crippen LogP contribution in [0.5, 0.6) is 0 Å². The number of hydrogen-bond donors (Lipinski definition) is 1. The summed E-state index contributed by atoms with van der Waals surface area (Å²) < 4.78 is 5.43. The van der Waals surface area contributed by atoms with Crippen molar-refractivity contribution in [2.45, 2.75) is 46.6 Å². The van der Waals surface area contributed by atoms with Crippen LogP contribution in [0.1, 0.15) is 40.5 Å². The van der Waals surface area contributed by atoms with Crippen LogP contribution < -0.4 is 5.32 Å². The highest BCUT2D eigenvalue weighted by molar-refractivity contribution is 4.80. The quantitative estimate of drug-likeness (QED) is 0.757. The topological polar surface area (TPSA) is 24.5 Å². The van der Waals surface area contributed by atoms with E-state index in [1.807, 2.05) is 0 Å². The van der Waals surface area contributed by atoms with Gasteiger partial charge in [0.1, 0.15) is 0 Å². The first-order valence-corrected chi connectivity index (χ1v) is 7.39. The molecule has 0 spiro atoms. The fraction of sp³-hybridized carbons (Fsp3) is 1.00. The van der Waals surface area contributed by atoms with Crippen molar-refractivity contribution in [1.29, 1.82) is 0 Å². The summed E-state index contributed by atoms with van der Waals surface area (Å²) in [6.07, 6.45) is 2.37. The Morgan fingerprint density at radius 2 is 1.89 bits per heavy atom. The molecule has 0 radical (unpaired) electrons. The molecule has 1 N–H and O–H groups in total. The normalized spacial score (nSPS) is 18.8. The van der Waals surface area contributed by atoms with E-state index in [-0.39, 0.29) is 0 Å². The van der Waals surface area contributed by atoms with E-state index in [0.29, 0.717) is 11.5 Å². The van der Waals surface area contributed by atoms with Crippen molar-refractivity contribution >= 4 is 0 Å². The molecular formula is C15H32N2O. The second-order valence-corrected chi connectivity index (χ2v) is 6.95. The Morgan fingerprint density at radius 3 is 2.44 bits per heavy atom. The van der Waals surface area contributed by atoms with Crippen LogP contribution in [0.15, 0.2) is 0 Å². The number of nitrogens with zero attached hydrogens (tertiary/aromatic N) is 1. The Morgan fingerprint density at radius 1 is 1.28 bits per heavy atom. The Balaban J connectivity index is 2.29. The van der Waals surface area contributed by atoms with Gasteiger partial charge in [0.05, 0.1) is 0 Å². The van der Waals surface area contributed by atoms with Gasteiger partial charge in [0.2, 0.25) is 0 Å². The second kappa shape index (κ2) is 7.46. The van der Waals surface area contributed by atoms with Crippen LogP contribution in [0.25, 0.3) is 0 Å². The Bertz CT molecular complexity index is 223. The van der Waals surface area contributed by atoms with Gasteiger partial charge in [-0.15, -0.1) is 0 Å². The molecule has 108 valence electrons. The fourth-order valence-electron chi connectivity index (χ4n) is 2.69. The van der Waals surface area contributed by atoms with Gasteiger partial charge in [0.25, 0.3) is 0 Å². The zero-order valence-corrected chi connectivity index (χ0v) is 13.0. The van der Waals surface area contributed by atoms with Gasteiger partial charge in [-0.2, -0.15) is 0 Å². The van der Waals surface area contributed by atoms with Gasteiger partial charge in [-0.25, -0.2) is 0 Å². The van der Waals surface area contributed by atoms with Crippen molar-refractivity contribution in [3.8, 4) is 0 Å². The van der Waals surface area contributed by atoms with E-state index >= 15 is 0 Å². The largest absolute Gasteiger partial charge is 0.381 e. The number of nitrogens with one attached hydrogen (secondary N) is 1. The summed E-state index contributed by atoms with van der Waals surface area (Å²) in [7, 11) is 2.26. The van der Waals surface area contributed by atoms with Crippen LogP contribution in [-0.2, 0) is 4.74 Å². The molecule has 0 aromatic heterocycles. The summed E-state index contributed by atoms with van der Waals surface area (Å²) in [4.78, 5) is 2.53. The zero-order chi connectivity index (χ0) is 13.6. The van der Waals surface area contributed by atoms with Gasteiger partial charge < -0.3 is 15.0 Å². The molecule has 0 bridgehead atoms. The summed E-state index contributed by atoms with van der Waals surface area (Å²) in [5.41, 5.74) is 0.335. The number of rotatable bonds is 7. The first kappa shape index (κ1) is 15.9. The lowest BCUT2D eigenvalue weighted by atomic mass is 9.91. The Hall–Kier alpha value is -0.120. The van der Waals surface area contributed by atoms with Gasteiger partial charge >= 0.3 is 0 Å². The predicted octanol–water partition coefficient (Wildman–Crippen LogP) is 2.37. The molecule has 0 amide bonds. The van der Waals surface area contributed by atoms with Gasteiger partial charge in [-0.1, -0.05) is 27.7 Å². The van der Waals surface area contributed by atoms with Gasteiger partial charge in [-0.3, -0.25) is 0 Å². The lowest BCUT2D eigenvalue weighted by Crippen LogP contribution is -2.45. The maximum absolute atomic E-state index is 5.43. The zero-order valence-electron chi connectivity index (χ0n) is 13.0. The smallest absolute Gasteiger partial charge is 0.0480 e. The molecule has 3 nitrogen and oxygen atoms in total. The highest BCUT2D eigenvalue weighted by atomic mass is 16.5. The Labute approximate surface area is 113 Å². The highest BCUT2D eigenvalue weighted by Crippen LogP contribution is 2.20. The minimum absolute atomic E-state index is 0.335. The fourth-order valence-corrected chi connectivity index (χ4v) is 2.69. The standard InChI is InChI=1S/C15H32N2O/c1-13(2)10-16-11-15(3,4)12-17(5)14-6-8-18-9-7-14/h13-14,16H,6-12H2,1-5H3. The molecule has 18 heavy (non-hydrogen) atoms. The van der Waals surface area contributed by atoms with E-state index in [1.165, 1.54) is 12.8 Å². The minimum atomic E-state index is 0.335. The van der Waals surface area contributed by atoms with Crippen molar-refractivity contribution in [3.63, 3.8) is 0 Å². The van der Waals surface area contributed by atoms with Crippen molar-refractivity contribution in [3.05, 3.63) is 0 Å². The van der Waals surface area contributed by atoms with E-state index in [2.05, 4.69) is 45.0 Å². The minimum Gasteiger partial charge on any atom is -0.381 e. The van der Waals surface area contributed by atoms with Crippen molar-refractivity contribution in [1.82, 2.24) is 10.2 Å². The monoisotopic (exact) mass is 256 g/mol. The lowest BCUT2D eigenvalue weighted by Gasteiger charge is -2.37. The second-order valence-electron chi connectivity index (χ2n) is 6.95. The molecule has 0 aromatic rings. The average molecular weight is 256 g/mol. The van der Waals surface area contributed by atoms with Crippen LogP contribution in [0.2, 0.25) is 0 Å². The summed E-state index contributed by atoms with van der Waals surface area (Å²) in [6, 6.07) is 0.711. The van der Waals surface area contributed by atoms with E-state index < -0.39 is 0 Å². The molecule has 3 heteroatoms. The number of ether oxygens (including phenoxy) is 1. The SMILES string of the molecule is CC(C)CNCC(C)(C)CN(C)C1CCOCC1. The highest BCUT2D eigenvalue weighted by Gasteiger charge is 2.25. The first-order chi connectivity index (χ1) is 8.41. The van der Waals surface area contributed by atoms with Crippen LogP contribution in [-0.4, -0.2) is 50.8 Å². The molecule has 1 saturated heterocycles. The van der Waals surface area contributed by atoms with E-state index in [1.54, 1.807) is 0 Å². The number of hydrogen-bond acceptors (Lipinski definition) is 3. The maximum Gasteiger partial charge on any atom is 0.0480 e. The molecule has 1 rings (SSSR count). The third kappa shape index (κ3) is 6.17. The summed E-state index contributed by atoms with van der Waals surface area (Å²) in [5, 5.41) is 3.58. The van der Waals surface area contributed by atoms with Gasteiger partial charge in [-0.05, 0) is 37.8 Å². The molecule has 1 aliphatic heterocycles. The summed E-state index contributed by atoms with van der Waals surface area (Å²) in [6.45, 7) is 14.5. The van der Waals surface area contributed by atoms with Crippen molar-refractivity contribution in [2.75, 3.05) is 39.9 Å². The average Bonchev–Trinajstić information content (AvgIpc) is 2.28. The van der Waals surface area contributed by atoms with Crippen LogP contribution in [0, 0.1) is 11.3 Å². The van der Waals surface area contributed by atoms with E-state index in [4.69, 9.17) is 4.74 Å². The maximum atomic E-state index is 5.43. The van der Waals surface area contributed by atoms with Crippen molar-refractivity contribution in [2.24, 2.45) is 11.3 Å². The molecular weight excluding hydrogens is 224 g/mol. The third-order valence-corrected chi connectivity index (χ3v) is 3.65. The van der Waals surface area contributed by atoms with Gasteiger partial charge in [0, 0.05) is 32.3 Å². The van der Waals surface area contributed by atoms with Crippen LogP contribution in [0.4, 0.5) is 0 Å². The predicted molar refractivity (Wildman–Crippen MR) is 78.0 cm³/mol. The molecule has 1 heterocycles. The molecule has 0 aliphatic carbocycles. The van der Waals surface area contributed by atoms with Gasteiger partial charge in [0.15, 0.2) is 0 Å². The van der Waals surface area contributed by atoms with Crippen LogP contribution >= 0.6 is 0 Å².